The Hall–Kier alpha value is -12.6. The van der Waals surface area contributed by atoms with E-state index in [1.165, 1.54) is 82.0 Å². The van der Waals surface area contributed by atoms with E-state index in [0.717, 1.165) is 16.5 Å². The molecule has 1 aromatic heterocycles. The summed E-state index contributed by atoms with van der Waals surface area (Å²) < 4.78 is 22.2. The van der Waals surface area contributed by atoms with Gasteiger partial charge in [0.25, 0.3) is 23.6 Å². The van der Waals surface area contributed by atoms with Crippen LogP contribution in [0, 0.1) is 21.6 Å². The minimum Gasteiger partial charge on any atom is -0.496 e. The summed E-state index contributed by atoms with van der Waals surface area (Å²) >= 11 is 0. The van der Waals surface area contributed by atoms with Gasteiger partial charge in [-0.2, -0.15) is 0 Å². The number of hydrogen-bond acceptors (Lipinski definition) is 19. The van der Waals surface area contributed by atoms with Gasteiger partial charge in [-0.25, -0.2) is 4.79 Å². The summed E-state index contributed by atoms with van der Waals surface area (Å²) in [7, 11) is 3.98. The Balaban J connectivity index is 1.23. The first-order chi connectivity index (χ1) is 50.6. The van der Waals surface area contributed by atoms with E-state index in [-0.39, 0.29) is 163 Å². The van der Waals surface area contributed by atoms with Gasteiger partial charge in [-0.3, -0.25) is 64.8 Å². The highest BCUT2D eigenvalue weighted by atomic mass is 16.5. The number of H-pyrrole nitrogens is 1. The minimum atomic E-state index is -1.40. The average Bonchev–Trinajstić information content (AvgIpc) is 1.17. The molecule has 0 spiro atoms. The number of Topliss-reactive ketones (excluding diaryl/α,β-unsaturated/α-hetero) is 4. The molecule has 0 aliphatic carbocycles. The Labute approximate surface area is 610 Å². The zero-order valence-corrected chi connectivity index (χ0v) is 59.1. The van der Waals surface area contributed by atoms with Crippen LogP contribution in [0.3, 0.4) is 0 Å². The van der Waals surface area contributed by atoms with Crippen LogP contribution in [-0.2, 0) is 60.9 Å². The number of aromatic nitrogens is 1. The molecule has 0 fully saturated rings. The summed E-state index contributed by atoms with van der Waals surface area (Å²) in [5, 5.41) is 62.4. The summed E-state index contributed by atoms with van der Waals surface area (Å²) in [6, 6.07) is 18.9. The SMILES string of the molecule is COc1ccc(CC(=O)[C@H](CCCNC(=N)N)NC(=O)c2cc(CC(=O)[C@H](CCCNC(=N)N)NC(=O)c3cc(CC(=O)[C@H](CCCNC(=N)N)NC(=O)c4cc(CC(=O)[C@@H](N)CCCNC(=N)N)ccc4OC)ccc3OCC(=O)O)ccc2OC)cc1C(=O)N[C@@H](Cc1c[nH]c2ccccc12)C(N)=O. The molecule has 0 unspecified atom stereocenters. The van der Waals surface area contributed by atoms with Gasteiger partial charge in [0, 0.05) is 75.4 Å². The molecule has 1 heterocycles. The summed E-state index contributed by atoms with van der Waals surface area (Å²) in [6.45, 7) is -0.232. The Morgan fingerprint density at radius 2 is 0.774 bits per heavy atom. The van der Waals surface area contributed by atoms with E-state index < -0.39 is 103 Å². The molecule has 5 atom stereocenters. The van der Waals surface area contributed by atoms with Crippen LogP contribution < -0.4 is 95.9 Å². The highest BCUT2D eigenvalue weighted by Gasteiger charge is 2.31. The summed E-state index contributed by atoms with van der Waals surface area (Å²) in [5.41, 5.74) is 36.2. The Bertz CT molecular complexity index is 4220. The Kier molecular flexibility index (Phi) is 31.7. The molecule has 0 bridgehead atoms. The fourth-order valence-corrected chi connectivity index (χ4v) is 11.5. The van der Waals surface area contributed by atoms with Crippen molar-refractivity contribution in [1.29, 1.82) is 21.6 Å². The smallest absolute Gasteiger partial charge is 0.341 e. The molecule has 5 amide bonds. The number of carbonyl (C=O) groups is 10. The van der Waals surface area contributed by atoms with E-state index in [1.807, 2.05) is 24.3 Å². The van der Waals surface area contributed by atoms with Gasteiger partial charge >= 0.3 is 5.97 Å². The highest BCUT2D eigenvalue weighted by molar-refractivity contribution is 6.04. The third kappa shape index (κ3) is 25.7. The molecule has 6 rings (SSSR count). The number of fused-ring (bicyclic) bond motifs is 1. The van der Waals surface area contributed by atoms with E-state index in [4.69, 9.17) is 75.0 Å². The van der Waals surface area contributed by atoms with Crippen molar-refractivity contribution >= 4 is 93.4 Å². The number of ketones is 4. The van der Waals surface area contributed by atoms with Gasteiger partial charge in [0.2, 0.25) is 5.91 Å². The highest BCUT2D eigenvalue weighted by Crippen LogP contribution is 2.28. The molecular weight excluding hydrogens is 1370 g/mol. The maximum Gasteiger partial charge on any atom is 0.341 e. The quantitative estimate of drug-likeness (QED) is 0.0142. The van der Waals surface area contributed by atoms with Crippen LogP contribution in [0.15, 0.2) is 103 Å². The zero-order valence-electron chi connectivity index (χ0n) is 59.1. The number of carboxylic acid groups (broad SMARTS) is 1. The standard InChI is InChI=1S/C72H93N19O15/c1-103-59-20-16-39(32-55(92)49(73)11-6-24-83-69(75)76)28-45(59)65(99)88-52(14-8-26-85-71(79)80)58(95)35-42-19-23-62(106-38-63(96)97)48(31-42)68(102)90-53(15-9-27-86-72(81)82)57(94)33-40-17-21-60(104-2)46(29-40)66(100)89-51(13-7-25-84-70(77)78)56(93)34-41-18-22-61(105-3)47(30-41)67(101)91-54(64(74)98)36-43-37-87-50-12-5-4-10-44(43)50/h4-5,10,12,16-23,28-31,37,49,51-54,87H,6-9,11,13-15,24-27,32-36,38,73H2,1-3H3,(H2,74,98)(H,88,99)(H,89,100)(H,90,102)(H,91,101)(H,96,97)(H4,75,76,83)(H4,77,78,84)(H4,79,80,85)(H4,81,82,86)/t49-,51-,52-,53-,54-/m0/s1. The average molecular weight is 1460 g/mol. The first-order valence-electron chi connectivity index (χ1n) is 33.8. The van der Waals surface area contributed by atoms with Crippen molar-refractivity contribution in [3.8, 4) is 23.0 Å². The van der Waals surface area contributed by atoms with Gasteiger partial charge in [-0.15, -0.1) is 0 Å². The number of para-hydroxylation sites is 1. The first-order valence-corrected chi connectivity index (χ1v) is 33.8. The van der Waals surface area contributed by atoms with Gasteiger partial charge in [-0.05, 0) is 134 Å². The Morgan fingerprint density at radius 1 is 0.443 bits per heavy atom. The molecule has 6 aromatic rings. The number of hydrogen-bond donors (Lipinski definition) is 20. The van der Waals surface area contributed by atoms with Gasteiger partial charge in [0.15, 0.2) is 53.6 Å². The van der Waals surface area contributed by atoms with E-state index in [2.05, 4.69) is 47.5 Å². The lowest BCUT2D eigenvalue weighted by Crippen LogP contribution is -2.46. The third-order valence-corrected chi connectivity index (χ3v) is 16.9. The second-order valence-electron chi connectivity index (χ2n) is 24.8. The van der Waals surface area contributed by atoms with Crippen LogP contribution in [0.4, 0.5) is 0 Å². The lowest BCUT2D eigenvalue weighted by molar-refractivity contribution is -0.139. The molecule has 0 aliphatic rings. The molecule has 566 valence electrons. The fraction of sp³-hybridized carbons (Fsp3) is 0.361. The second kappa shape index (κ2) is 40.9. The number of amides is 5. The largest absolute Gasteiger partial charge is 0.496 e. The summed E-state index contributed by atoms with van der Waals surface area (Å²) in [5.74, 6) is -8.65. The lowest BCUT2D eigenvalue weighted by Gasteiger charge is -2.21. The van der Waals surface area contributed by atoms with Crippen molar-refractivity contribution in [2.45, 2.75) is 114 Å². The number of primary amides is 1. The topological polar surface area (TPSA) is 591 Å². The molecule has 0 saturated heterocycles. The number of rotatable bonds is 45. The Morgan fingerprint density at radius 3 is 1.12 bits per heavy atom. The number of methoxy groups -OCH3 is 3. The minimum absolute atomic E-state index is 0.00427. The summed E-state index contributed by atoms with van der Waals surface area (Å²) in [6.07, 6.45) is 1.71. The van der Waals surface area contributed by atoms with Crippen LogP contribution in [0.5, 0.6) is 23.0 Å². The molecule has 0 radical (unpaired) electrons. The molecule has 26 N–H and O–H groups in total. The number of aromatic amines is 1. The number of carboxylic acids is 1. The number of guanidine groups is 4. The van der Waals surface area contributed by atoms with Crippen molar-refractivity contribution in [1.82, 2.24) is 47.5 Å². The number of benzene rings is 5. The fourth-order valence-electron chi connectivity index (χ4n) is 11.5. The maximum atomic E-state index is 14.7. The van der Waals surface area contributed by atoms with Crippen LogP contribution in [0.25, 0.3) is 10.9 Å². The van der Waals surface area contributed by atoms with E-state index in [1.54, 1.807) is 18.3 Å². The van der Waals surface area contributed by atoms with E-state index >= 15 is 0 Å². The van der Waals surface area contributed by atoms with Crippen molar-refractivity contribution in [2.24, 2.45) is 34.4 Å². The van der Waals surface area contributed by atoms with Gasteiger partial charge in [0.1, 0.15) is 29.0 Å². The predicted octanol–water partition coefficient (Wildman–Crippen LogP) is 0.706. The molecule has 106 heavy (non-hydrogen) atoms. The zero-order chi connectivity index (χ0) is 77.6. The number of nitrogens with two attached hydrogens (primary N) is 6. The van der Waals surface area contributed by atoms with Crippen LogP contribution in [0.1, 0.15) is 121 Å². The van der Waals surface area contributed by atoms with E-state index in [0.29, 0.717) is 30.5 Å². The molecule has 34 heteroatoms. The maximum absolute atomic E-state index is 14.7. The van der Waals surface area contributed by atoms with Gasteiger partial charge < -0.3 is 106 Å². The number of nitrogens with one attached hydrogen (secondary N) is 13. The number of aliphatic carboxylic acids is 1. The van der Waals surface area contributed by atoms with Crippen molar-refractivity contribution in [3.63, 3.8) is 0 Å². The van der Waals surface area contributed by atoms with Crippen LogP contribution >= 0.6 is 0 Å². The van der Waals surface area contributed by atoms with Crippen LogP contribution in [0.2, 0.25) is 0 Å². The molecule has 5 aromatic carbocycles. The molecule has 34 nitrogen and oxygen atoms in total. The molecular formula is C72H93N19O15. The number of carbonyl (C=O) groups excluding carboxylic acids is 9. The van der Waals surface area contributed by atoms with Crippen molar-refractivity contribution < 1.29 is 72.0 Å². The molecule has 0 saturated carbocycles. The van der Waals surface area contributed by atoms with Gasteiger partial charge in [0.05, 0.1) is 67.8 Å². The predicted molar refractivity (Wildman–Crippen MR) is 394 cm³/mol. The normalized spacial score (nSPS) is 12.3. The second-order valence-corrected chi connectivity index (χ2v) is 24.8. The monoisotopic (exact) mass is 1460 g/mol. The molecule has 0 aliphatic heterocycles. The van der Waals surface area contributed by atoms with Crippen molar-refractivity contribution in [3.05, 3.63) is 153 Å². The lowest BCUT2D eigenvalue weighted by atomic mass is 9.96. The third-order valence-electron chi connectivity index (χ3n) is 16.9. The van der Waals surface area contributed by atoms with E-state index in [9.17, 15) is 53.1 Å². The summed E-state index contributed by atoms with van der Waals surface area (Å²) in [4.78, 5) is 142. The van der Waals surface area contributed by atoms with Gasteiger partial charge in [-0.1, -0.05) is 42.5 Å². The number of ether oxygens (including phenoxy) is 4. The van der Waals surface area contributed by atoms with Crippen LogP contribution in [-0.4, -0.2) is 177 Å². The first kappa shape index (κ1) is 82.3. The van der Waals surface area contributed by atoms with Crippen molar-refractivity contribution in [2.75, 3.05) is 54.1 Å².